The van der Waals surface area contributed by atoms with Crippen molar-refractivity contribution in [1.82, 2.24) is 0 Å². The van der Waals surface area contributed by atoms with Gasteiger partial charge in [-0.25, -0.2) is 0 Å². The van der Waals surface area contributed by atoms with Crippen LogP contribution in [0.1, 0.15) is 0 Å². The fourth-order valence-corrected chi connectivity index (χ4v) is 3.46. The van der Waals surface area contributed by atoms with E-state index in [2.05, 4.69) is 24.3 Å². The van der Waals surface area contributed by atoms with Gasteiger partial charge in [0.15, 0.2) is 0 Å². The fraction of sp³-hybridized carbons (Fsp3) is 0.333. The largest absolute Gasteiger partial charge is 0.388 e. The fourth-order valence-electron chi connectivity index (χ4n) is 2.31. The Kier molecular flexibility index (Phi) is 3.75. The van der Waals surface area contributed by atoms with Crippen LogP contribution in [0.2, 0.25) is 0 Å². The standard InChI is InChI=1S/C15H16O3S/c16-12-8-18-13(15(12)17)9-19-14-7-3-5-10-4-1-2-6-11(10)14/h1-7,12-13,15-17H,8-9H2. The van der Waals surface area contributed by atoms with E-state index in [-0.39, 0.29) is 12.7 Å². The number of hydrogen-bond acceptors (Lipinski definition) is 4. The summed E-state index contributed by atoms with van der Waals surface area (Å²) in [5.41, 5.74) is 0. The topological polar surface area (TPSA) is 49.7 Å². The maximum absolute atomic E-state index is 9.76. The molecule has 100 valence electrons. The molecule has 0 radical (unpaired) electrons. The SMILES string of the molecule is OC1COC(CSc2cccc3ccccc23)C1O. The molecule has 3 atom stereocenters. The Balaban J connectivity index is 1.75. The Hall–Kier alpha value is -1.07. The van der Waals surface area contributed by atoms with Crippen molar-refractivity contribution < 1.29 is 14.9 Å². The van der Waals surface area contributed by atoms with Crippen LogP contribution >= 0.6 is 11.8 Å². The number of aliphatic hydroxyl groups is 2. The minimum atomic E-state index is -0.775. The molecule has 0 amide bonds. The summed E-state index contributed by atoms with van der Waals surface area (Å²) in [4.78, 5) is 1.18. The van der Waals surface area contributed by atoms with Crippen LogP contribution in [0.15, 0.2) is 47.4 Å². The van der Waals surface area contributed by atoms with Gasteiger partial charge in [0.1, 0.15) is 12.2 Å². The van der Waals surface area contributed by atoms with E-state index < -0.39 is 12.2 Å². The van der Waals surface area contributed by atoms with Crippen LogP contribution in [0.25, 0.3) is 10.8 Å². The molecule has 1 fully saturated rings. The summed E-state index contributed by atoms with van der Waals surface area (Å²) in [5, 5.41) is 21.6. The smallest absolute Gasteiger partial charge is 0.109 e. The number of thioether (sulfide) groups is 1. The quantitative estimate of drug-likeness (QED) is 0.843. The summed E-state index contributed by atoms with van der Waals surface area (Å²) >= 11 is 1.66. The third-order valence-electron chi connectivity index (χ3n) is 3.41. The van der Waals surface area contributed by atoms with Gasteiger partial charge in [0.05, 0.1) is 12.7 Å². The number of benzene rings is 2. The first-order valence-corrected chi connectivity index (χ1v) is 7.32. The van der Waals surface area contributed by atoms with Crippen molar-refractivity contribution in [3.05, 3.63) is 42.5 Å². The molecule has 1 aliphatic rings. The molecule has 0 spiro atoms. The van der Waals surface area contributed by atoms with E-state index in [0.29, 0.717) is 5.75 Å². The number of aliphatic hydroxyl groups excluding tert-OH is 2. The molecule has 19 heavy (non-hydrogen) atoms. The van der Waals surface area contributed by atoms with Crippen LogP contribution in [0.4, 0.5) is 0 Å². The summed E-state index contributed by atoms with van der Waals surface area (Å²) < 4.78 is 5.39. The molecule has 4 heteroatoms. The van der Waals surface area contributed by atoms with Gasteiger partial charge in [-0.05, 0) is 16.8 Å². The lowest BCUT2D eigenvalue weighted by Gasteiger charge is -2.14. The first-order valence-electron chi connectivity index (χ1n) is 6.34. The van der Waals surface area contributed by atoms with Crippen molar-refractivity contribution in [3.8, 4) is 0 Å². The second-order valence-electron chi connectivity index (χ2n) is 4.72. The molecule has 3 nitrogen and oxygen atoms in total. The van der Waals surface area contributed by atoms with Crippen molar-refractivity contribution in [2.45, 2.75) is 23.2 Å². The summed E-state index contributed by atoms with van der Waals surface area (Å²) in [7, 11) is 0. The van der Waals surface area contributed by atoms with E-state index in [4.69, 9.17) is 4.74 Å². The highest BCUT2D eigenvalue weighted by atomic mass is 32.2. The minimum absolute atomic E-state index is 0.224. The van der Waals surface area contributed by atoms with E-state index in [1.165, 1.54) is 15.7 Å². The Morgan fingerprint density at radius 3 is 2.68 bits per heavy atom. The second-order valence-corrected chi connectivity index (χ2v) is 5.78. The zero-order valence-corrected chi connectivity index (χ0v) is 11.2. The van der Waals surface area contributed by atoms with Crippen LogP contribution in [-0.2, 0) is 4.74 Å². The molecule has 1 saturated heterocycles. The first kappa shape index (κ1) is 12.9. The van der Waals surface area contributed by atoms with Crippen molar-refractivity contribution in [2.75, 3.05) is 12.4 Å². The third-order valence-corrected chi connectivity index (χ3v) is 4.57. The van der Waals surface area contributed by atoms with Gasteiger partial charge in [0.25, 0.3) is 0 Å². The van der Waals surface area contributed by atoms with Crippen LogP contribution in [0.3, 0.4) is 0 Å². The van der Waals surface area contributed by atoms with Gasteiger partial charge in [0.2, 0.25) is 0 Å². The molecule has 3 rings (SSSR count). The van der Waals surface area contributed by atoms with Gasteiger partial charge in [-0.1, -0.05) is 36.4 Å². The van der Waals surface area contributed by atoms with E-state index >= 15 is 0 Å². The van der Waals surface area contributed by atoms with Crippen molar-refractivity contribution in [1.29, 1.82) is 0 Å². The molecular weight excluding hydrogens is 260 g/mol. The molecular formula is C15H16O3S. The summed E-state index contributed by atoms with van der Waals surface area (Å²) in [6.45, 7) is 0.224. The van der Waals surface area contributed by atoms with Crippen LogP contribution in [0, 0.1) is 0 Å². The zero-order valence-electron chi connectivity index (χ0n) is 10.4. The van der Waals surface area contributed by atoms with E-state index in [1.54, 1.807) is 11.8 Å². The Bertz CT molecular complexity index is 567. The first-order chi connectivity index (χ1) is 9.25. The molecule has 0 saturated carbocycles. The lowest BCUT2D eigenvalue weighted by Crippen LogP contribution is -2.31. The number of hydrogen-bond donors (Lipinski definition) is 2. The highest BCUT2D eigenvalue weighted by molar-refractivity contribution is 7.99. The van der Waals surface area contributed by atoms with Crippen LogP contribution in [0.5, 0.6) is 0 Å². The molecule has 2 aromatic carbocycles. The van der Waals surface area contributed by atoms with Gasteiger partial charge in [-0.3, -0.25) is 0 Å². The molecule has 0 aliphatic carbocycles. The third kappa shape index (κ3) is 2.62. The van der Waals surface area contributed by atoms with Gasteiger partial charge in [0, 0.05) is 10.6 Å². The van der Waals surface area contributed by atoms with Gasteiger partial charge in [-0.15, -0.1) is 11.8 Å². The second kappa shape index (κ2) is 5.51. The van der Waals surface area contributed by atoms with Crippen molar-refractivity contribution in [2.24, 2.45) is 0 Å². The highest BCUT2D eigenvalue weighted by Crippen LogP contribution is 2.30. The normalized spacial score (nSPS) is 26.9. The van der Waals surface area contributed by atoms with Gasteiger partial charge in [-0.2, -0.15) is 0 Å². The number of rotatable bonds is 3. The lowest BCUT2D eigenvalue weighted by molar-refractivity contribution is 0.0337. The molecule has 1 aliphatic heterocycles. The molecule has 2 aromatic rings. The number of fused-ring (bicyclic) bond motifs is 1. The monoisotopic (exact) mass is 276 g/mol. The molecule has 2 N–H and O–H groups in total. The average Bonchev–Trinajstić information content (AvgIpc) is 2.76. The average molecular weight is 276 g/mol. The van der Waals surface area contributed by atoms with E-state index in [9.17, 15) is 10.2 Å². The van der Waals surface area contributed by atoms with Crippen LogP contribution in [-0.4, -0.2) is 40.9 Å². The molecule has 0 bridgehead atoms. The van der Waals surface area contributed by atoms with Gasteiger partial charge >= 0.3 is 0 Å². The predicted molar refractivity (Wildman–Crippen MR) is 76.4 cm³/mol. The Morgan fingerprint density at radius 2 is 1.89 bits per heavy atom. The summed E-state index contributed by atoms with van der Waals surface area (Å²) in [6.07, 6.45) is -1.82. The van der Waals surface area contributed by atoms with E-state index in [0.717, 1.165) is 0 Å². The van der Waals surface area contributed by atoms with Crippen LogP contribution < -0.4 is 0 Å². The zero-order chi connectivity index (χ0) is 13.2. The minimum Gasteiger partial charge on any atom is -0.388 e. The summed E-state index contributed by atoms with van der Waals surface area (Å²) in [6, 6.07) is 14.4. The maximum Gasteiger partial charge on any atom is 0.109 e. The van der Waals surface area contributed by atoms with Crippen molar-refractivity contribution in [3.63, 3.8) is 0 Å². The van der Waals surface area contributed by atoms with Crippen molar-refractivity contribution >= 4 is 22.5 Å². The predicted octanol–water partition coefficient (Wildman–Crippen LogP) is 2.05. The molecule has 1 heterocycles. The van der Waals surface area contributed by atoms with Gasteiger partial charge < -0.3 is 14.9 Å². The molecule has 0 aromatic heterocycles. The Labute approximate surface area is 116 Å². The number of ether oxygens (including phenoxy) is 1. The summed E-state index contributed by atoms with van der Waals surface area (Å²) in [5.74, 6) is 0.645. The van der Waals surface area contributed by atoms with E-state index in [1.807, 2.05) is 18.2 Å². The maximum atomic E-state index is 9.76. The Morgan fingerprint density at radius 1 is 1.11 bits per heavy atom. The highest BCUT2D eigenvalue weighted by Gasteiger charge is 2.34. The molecule has 3 unspecified atom stereocenters. The lowest BCUT2D eigenvalue weighted by atomic mass is 10.1.